The second-order valence-corrected chi connectivity index (χ2v) is 8.37. The fourth-order valence-electron chi connectivity index (χ4n) is 4.19. The lowest BCUT2D eigenvalue weighted by Crippen LogP contribution is -2.36. The van der Waals surface area contributed by atoms with Crippen molar-refractivity contribution in [2.24, 2.45) is 5.92 Å². The standard InChI is InChI=1S/C24H19BrN2O3/c25-18-13-11-17(12-14-18)21-20-22(30-27(21)19-9-5-2-6-10-19)24(29)26(23(20)28)15-16-7-3-1-4-8-16/h1-14,20-22H,15H2/t20-,21+,22+/m0/s1. The minimum Gasteiger partial charge on any atom is -0.275 e. The average molecular weight is 463 g/mol. The number of nitrogens with zero attached hydrogens (tertiary/aromatic N) is 2. The summed E-state index contributed by atoms with van der Waals surface area (Å²) in [6.45, 7) is 0.257. The number of fused-ring (bicyclic) bond motifs is 1. The molecule has 6 heteroatoms. The summed E-state index contributed by atoms with van der Waals surface area (Å²) < 4.78 is 0.951. The molecule has 30 heavy (non-hydrogen) atoms. The SMILES string of the molecule is O=C1[C@H]2[C@@H](c3ccc(Br)cc3)N(c3ccccc3)O[C@H]2C(=O)N1Cc1ccccc1. The van der Waals surface area contributed by atoms with E-state index >= 15 is 0 Å². The van der Waals surface area contributed by atoms with Gasteiger partial charge in [-0.25, -0.2) is 5.06 Å². The van der Waals surface area contributed by atoms with E-state index < -0.39 is 12.0 Å². The minimum atomic E-state index is -0.824. The summed E-state index contributed by atoms with van der Waals surface area (Å²) >= 11 is 3.46. The van der Waals surface area contributed by atoms with Crippen LogP contribution in [0.25, 0.3) is 0 Å². The second-order valence-electron chi connectivity index (χ2n) is 7.46. The summed E-state index contributed by atoms with van der Waals surface area (Å²) in [6, 6.07) is 26.6. The fourth-order valence-corrected chi connectivity index (χ4v) is 4.46. The molecule has 3 atom stereocenters. The van der Waals surface area contributed by atoms with Crippen molar-refractivity contribution in [1.29, 1.82) is 0 Å². The Hall–Kier alpha value is -2.96. The van der Waals surface area contributed by atoms with Gasteiger partial charge in [-0.15, -0.1) is 0 Å². The van der Waals surface area contributed by atoms with E-state index in [1.807, 2.05) is 84.9 Å². The zero-order chi connectivity index (χ0) is 20.7. The monoisotopic (exact) mass is 462 g/mol. The number of halogens is 1. The number of benzene rings is 3. The molecular weight excluding hydrogens is 444 g/mol. The van der Waals surface area contributed by atoms with Crippen LogP contribution in [0.2, 0.25) is 0 Å². The van der Waals surface area contributed by atoms with E-state index in [-0.39, 0.29) is 24.4 Å². The molecule has 2 aliphatic rings. The lowest BCUT2D eigenvalue weighted by molar-refractivity contribution is -0.143. The number of carbonyl (C=O) groups excluding carboxylic acids is 2. The van der Waals surface area contributed by atoms with Crippen LogP contribution in [0.5, 0.6) is 0 Å². The van der Waals surface area contributed by atoms with Crippen molar-refractivity contribution in [3.05, 3.63) is 101 Å². The van der Waals surface area contributed by atoms with Gasteiger partial charge >= 0.3 is 0 Å². The zero-order valence-corrected chi connectivity index (χ0v) is 17.6. The van der Waals surface area contributed by atoms with Crippen molar-refractivity contribution in [3.8, 4) is 0 Å². The lowest BCUT2D eigenvalue weighted by Gasteiger charge is -2.28. The molecule has 0 unspecified atom stereocenters. The van der Waals surface area contributed by atoms with E-state index in [4.69, 9.17) is 4.84 Å². The smallest absolute Gasteiger partial charge is 0.262 e. The van der Waals surface area contributed by atoms with Gasteiger partial charge in [-0.3, -0.25) is 19.3 Å². The van der Waals surface area contributed by atoms with E-state index in [1.165, 1.54) is 4.90 Å². The Labute approximate surface area is 183 Å². The first kappa shape index (κ1) is 19.0. The van der Waals surface area contributed by atoms with Gasteiger partial charge in [0, 0.05) is 4.47 Å². The second kappa shape index (κ2) is 7.70. The third-order valence-corrected chi connectivity index (χ3v) is 6.14. The first-order valence-corrected chi connectivity index (χ1v) is 10.6. The number of hydrogen-bond acceptors (Lipinski definition) is 4. The maximum Gasteiger partial charge on any atom is 0.262 e. The molecule has 150 valence electrons. The molecule has 0 bridgehead atoms. The molecule has 5 rings (SSSR count). The van der Waals surface area contributed by atoms with Gasteiger partial charge in [0.25, 0.3) is 5.91 Å². The maximum atomic E-state index is 13.4. The van der Waals surface area contributed by atoms with Gasteiger partial charge in [0.1, 0.15) is 5.92 Å². The first-order chi connectivity index (χ1) is 14.6. The van der Waals surface area contributed by atoms with E-state index in [2.05, 4.69) is 15.9 Å². The van der Waals surface area contributed by atoms with Gasteiger partial charge in [0.15, 0.2) is 6.10 Å². The predicted molar refractivity (Wildman–Crippen MR) is 116 cm³/mol. The number of hydroxylamine groups is 1. The molecule has 0 N–H and O–H groups in total. The van der Waals surface area contributed by atoms with Crippen LogP contribution in [-0.4, -0.2) is 22.8 Å². The average Bonchev–Trinajstić information content (AvgIpc) is 3.28. The molecule has 2 saturated heterocycles. The van der Waals surface area contributed by atoms with Crippen LogP contribution in [-0.2, 0) is 21.0 Å². The minimum absolute atomic E-state index is 0.194. The van der Waals surface area contributed by atoms with Crippen LogP contribution in [0.4, 0.5) is 5.69 Å². The Morgan fingerprint density at radius 2 is 1.43 bits per heavy atom. The number of carbonyl (C=O) groups is 2. The van der Waals surface area contributed by atoms with Crippen molar-refractivity contribution in [2.45, 2.75) is 18.7 Å². The number of anilines is 1. The molecule has 0 aromatic heterocycles. The molecule has 2 fully saturated rings. The molecule has 0 radical (unpaired) electrons. The summed E-state index contributed by atoms with van der Waals surface area (Å²) in [5, 5.41) is 1.72. The maximum absolute atomic E-state index is 13.4. The highest BCUT2D eigenvalue weighted by Crippen LogP contribution is 2.47. The molecule has 2 amide bonds. The summed E-state index contributed by atoms with van der Waals surface area (Å²) in [5.41, 5.74) is 2.66. The largest absolute Gasteiger partial charge is 0.275 e. The van der Waals surface area contributed by atoms with Crippen LogP contribution < -0.4 is 5.06 Å². The van der Waals surface area contributed by atoms with E-state index in [0.717, 1.165) is 21.3 Å². The Bertz CT molecular complexity index is 1070. The van der Waals surface area contributed by atoms with Gasteiger partial charge in [0.05, 0.1) is 18.3 Å². The van der Waals surface area contributed by atoms with Gasteiger partial charge in [-0.1, -0.05) is 76.6 Å². The molecule has 2 aliphatic heterocycles. The van der Waals surface area contributed by atoms with Crippen LogP contribution >= 0.6 is 15.9 Å². The molecular formula is C24H19BrN2O3. The number of imide groups is 1. The number of likely N-dealkylation sites (tertiary alicyclic amines) is 1. The van der Waals surface area contributed by atoms with Gasteiger partial charge in [-0.05, 0) is 35.4 Å². The lowest BCUT2D eigenvalue weighted by atomic mass is 9.90. The van der Waals surface area contributed by atoms with E-state index in [0.29, 0.717) is 0 Å². The van der Waals surface area contributed by atoms with Gasteiger partial charge in [-0.2, -0.15) is 0 Å². The Morgan fingerprint density at radius 1 is 0.800 bits per heavy atom. The number of rotatable bonds is 4. The Kier molecular flexibility index (Phi) is 4.89. The van der Waals surface area contributed by atoms with Crippen molar-refractivity contribution in [3.63, 3.8) is 0 Å². The topological polar surface area (TPSA) is 49.9 Å². The molecule has 5 nitrogen and oxygen atoms in total. The van der Waals surface area contributed by atoms with E-state index in [1.54, 1.807) is 5.06 Å². The molecule has 0 spiro atoms. The van der Waals surface area contributed by atoms with Crippen LogP contribution in [0.15, 0.2) is 89.4 Å². The van der Waals surface area contributed by atoms with Crippen molar-refractivity contribution >= 4 is 33.4 Å². The summed E-state index contributed by atoms with van der Waals surface area (Å²) in [6.07, 6.45) is -0.824. The van der Waals surface area contributed by atoms with Gasteiger partial charge in [0.2, 0.25) is 5.91 Å². The quantitative estimate of drug-likeness (QED) is 0.535. The van der Waals surface area contributed by atoms with Gasteiger partial charge < -0.3 is 0 Å². The molecule has 3 aromatic carbocycles. The summed E-state index contributed by atoms with van der Waals surface area (Å²) in [4.78, 5) is 34.0. The molecule has 0 saturated carbocycles. The third kappa shape index (κ3) is 3.22. The van der Waals surface area contributed by atoms with Crippen molar-refractivity contribution < 1.29 is 14.4 Å². The first-order valence-electron chi connectivity index (χ1n) is 9.79. The zero-order valence-electron chi connectivity index (χ0n) is 16.0. The number of amides is 2. The third-order valence-electron chi connectivity index (χ3n) is 5.61. The normalized spacial score (nSPS) is 23.2. The van der Waals surface area contributed by atoms with Crippen LogP contribution in [0, 0.1) is 5.92 Å². The Balaban J connectivity index is 1.52. The van der Waals surface area contributed by atoms with Crippen molar-refractivity contribution in [2.75, 3.05) is 5.06 Å². The number of para-hydroxylation sites is 1. The molecule has 0 aliphatic carbocycles. The van der Waals surface area contributed by atoms with Crippen LogP contribution in [0.3, 0.4) is 0 Å². The van der Waals surface area contributed by atoms with E-state index in [9.17, 15) is 9.59 Å². The summed E-state index contributed by atoms with van der Waals surface area (Å²) in [5.74, 6) is -1.07. The van der Waals surface area contributed by atoms with Crippen LogP contribution in [0.1, 0.15) is 17.2 Å². The Morgan fingerprint density at radius 3 is 2.10 bits per heavy atom. The van der Waals surface area contributed by atoms with Crippen molar-refractivity contribution in [1.82, 2.24) is 4.90 Å². The molecule has 3 aromatic rings. The highest BCUT2D eigenvalue weighted by atomic mass is 79.9. The number of hydrogen-bond donors (Lipinski definition) is 0. The highest BCUT2D eigenvalue weighted by Gasteiger charge is 2.59. The molecule has 2 heterocycles. The summed E-state index contributed by atoms with van der Waals surface area (Å²) in [7, 11) is 0. The highest BCUT2D eigenvalue weighted by molar-refractivity contribution is 9.10. The fraction of sp³-hybridized carbons (Fsp3) is 0.167. The predicted octanol–water partition coefficient (Wildman–Crippen LogP) is 4.50.